The molecule has 0 radical (unpaired) electrons. The average molecular weight is 457 g/mol. The van der Waals surface area contributed by atoms with Gasteiger partial charge in [0, 0.05) is 17.7 Å². The Kier molecular flexibility index (Phi) is 6.68. The second-order valence-corrected chi connectivity index (χ2v) is 8.92. The van der Waals surface area contributed by atoms with E-state index < -0.39 is 10.8 Å². The van der Waals surface area contributed by atoms with E-state index in [4.69, 9.17) is 10.6 Å². The van der Waals surface area contributed by atoms with E-state index >= 15 is 0 Å². The minimum atomic E-state index is -0.545. The second-order valence-electron chi connectivity index (χ2n) is 7.98. The molecular formula is C21H24N6O4S. The molecule has 0 aliphatic heterocycles. The Morgan fingerprint density at radius 2 is 1.91 bits per heavy atom. The molecule has 3 aromatic rings. The molecule has 0 atom stereocenters. The number of hydrogen-bond acceptors (Lipinski definition) is 8. The van der Waals surface area contributed by atoms with Crippen molar-refractivity contribution in [3.8, 4) is 17.1 Å². The summed E-state index contributed by atoms with van der Waals surface area (Å²) in [6.07, 6.45) is 0. The number of anilines is 1. The monoisotopic (exact) mass is 456 g/mol. The number of non-ortho nitro benzene ring substituents is 1. The fourth-order valence-electron chi connectivity index (χ4n) is 2.92. The van der Waals surface area contributed by atoms with Crippen LogP contribution >= 0.6 is 11.8 Å². The molecule has 1 amide bonds. The summed E-state index contributed by atoms with van der Waals surface area (Å²) in [5, 5.41) is 22.2. The van der Waals surface area contributed by atoms with E-state index in [1.165, 1.54) is 35.5 Å². The van der Waals surface area contributed by atoms with Crippen LogP contribution in [0.2, 0.25) is 0 Å². The Labute approximate surface area is 189 Å². The van der Waals surface area contributed by atoms with Gasteiger partial charge < -0.3 is 15.9 Å². The second kappa shape index (κ2) is 9.27. The topological polar surface area (TPSA) is 138 Å². The molecule has 0 unspecified atom stereocenters. The van der Waals surface area contributed by atoms with Crippen molar-refractivity contribution in [3.05, 3.63) is 58.1 Å². The quantitative estimate of drug-likeness (QED) is 0.238. The molecule has 168 valence electrons. The molecule has 0 bridgehead atoms. The maximum atomic E-state index is 12.4. The first-order valence-electron chi connectivity index (χ1n) is 9.66. The Bertz CT molecular complexity index is 1140. The lowest BCUT2D eigenvalue weighted by Gasteiger charge is -2.19. The number of nitrogens with two attached hydrogens (primary N) is 1. The van der Waals surface area contributed by atoms with Crippen molar-refractivity contribution < 1.29 is 14.5 Å². The average Bonchev–Trinajstić information content (AvgIpc) is 3.12. The molecule has 3 N–H and O–H groups in total. The van der Waals surface area contributed by atoms with E-state index in [0.717, 1.165) is 17.3 Å². The molecule has 0 saturated carbocycles. The summed E-state index contributed by atoms with van der Waals surface area (Å²) in [6, 6.07) is 11.9. The molecule has 1 heterocycles. The molecule has 10 nitrogen and oxygen atoms in total. The first kappa shape index (κ1) is 23.1. The van der Waals surface area contributed by atoms with Gasteiger partial charge in [0.1, 0.15) is 5.75 Å². The largest absolute Gasteiger partial charge is 0.495 e. The van der Waals surface area contributed by atoms with Crippen LogP contribution in [-0.4, -0.2) is 38.6 Å². The maximum Gasteiger partial charge on any atom is 0.271 e. The van der Waals surface area contributed by atoms with Crippen LogP contribution in [0.3, 0.4) is 0 Å². The Hall–Kier alpha value is -3.60. The number of hydrogen-bond donors (Lipinski definition) is 2. The number of nitrogens with zero attached hydrogens (tertiary/aromatic N) is 4. The normalized spacial score (nSPS) is 11.2. The standard InChI is InChI=1S/C21H24N6O4S/c1-21(2,3)14-7-5-13(6-8-14)19-24-25-20(26(19)22)32-12-18(28)23-16-11-15(27(29)30)9-10-17(16)31-4/h5-11H,12,22H2,1-4H3,(H,23,28). The smallest absolute Gasteiger partial charge is 0.271 e. The van der Waals surface area contributed by atoms with E-state index in [2.05, 4.69) is 36.3 Å². The predicted molar refractivity (Wildman–Crippen MR) is 123 cm³/mol. The predicted octanol–water partition coefficient (Wildman–Crippen LogP) is 3.60. The SMILES string of the molecule is COc1ccc([N+](=O)[O-])cc1NC(=O)CSc1nnc(-c2ccc(C(C)(C)C)cc2)n1N. The van der Waals surface area contributed by atoms with Crippen LogP contribution in [0, 0.1) is 10.1 Å². The molecule has 3 rings (SSSR count). The molecule has 0 saturated heterocycles. The van der Waals surface area contributed by atoms with Crippen molar-refractivity contribution in [2.45, 2.75) is 31.3 Å². The van der Waals surface area contributed by atoms with Gasteiger partial charge in [-0.15, -0.1) is 10.2 Å². The van der Waals surface area contributed by atoms with Crippen molar-refractivity contribution in [2.75, 3.05) is 24.0 Å². The molecule has 0 aliphatic rings. The lowest BCUT2D eigenvalue weighted by atomic mass is 9.87. The summed E-state index contributed by atoms with van der Waals surface area (Å²) >= 11 is 1.10. The minimum Gasteiger partial charge on any atom is -0.495 e. The number of carbonyl (C=O) groups excluding carboxylic acids is 1. The van der Waals surface area contributed by atoms with Gasteiger partial charge in [-0.1, -0.05) is 56.8 Å². The van der Waals surface area contributed by atoms with Crippen LogP contribution in [0.1, 0.15) is 26.3 Å². The number of thioether (sulfide) groups is 1. The van der Waals surface area contributed by atoms with E-state index in [1.54, 1.807) is 0 Å². The number of rotatable bonds is 7. The van der Waals surface area contributed by atoms with Crippen molar-refractivity contribution in [1.82, 2.24) is 14.9 Å². The summed E-state index contributed by atoms with van der Waals surface area (Å²) in [6.45, 7) is 6.41. The van der Waals surface area contributed by atoms with Gasteiger partial charge in [0.05, 0.1) is 23.5 Å². The van der Waals surface area contributed by atoms with E-state index in [1.807, 2.05) is 24.3 Å². The van der Waals surface area contributed by atoms with Crippen molar-refractivity contribution in [1.29, 1.82) is 0 Å². The van der Waals surface area contributed by atoms with Gasteiger partial charge in [-0.3, -0.25) is 14.9 Å². The number of nitrogens with one attached hydrogen (secondary N) is 1. The molecule has 0 fully saturated rings. The molecule has 1 aromatic heterocycles. The van der Waals surface area contributed by atoms with Crippen LogP contribution in [0.25, 0.3) is 11.4 Å². The molecule has 0 aliphatic carbocycles. The highest BCUT2D eigenvalue weighted by molar-refractivity contribution is 7.99. The summed E-state index contributed by atoms with van der Waals surface area (Å²) in [4.78, 5) is 22.8. The van der Waals surface area contributed by atoms with E-state index in [0.29, 0.717) is 16.7 Å². The first-order chi connectivity index (χ1) is 15.1. The zero-order valence-electron chi connectivity index (χ0n) is 18.2. The summed E-state index contributed by atoms with van der Waals surface area (Å²) in [5.41, 5.74) is 2.09. The zero-order chi connectivity index (χ0) is 23.5. The molecule has 0 spiro atoms. The number of nitro groups is 1. The minimum absolute atomic E-state index is 0.0237. The molecule has 11 heteroatoms. The van der Waals surface area contributed by atoms with Gasteiger partial charge in [0.25, 0.3) is 5.69 Å². The third kappa shape index (κ3) is 5.17. The van der Waals surface area contributed by atoms with Gasteiger partial charge in [-0.25, -0.2) is 4.68 Å². The third-order valence-electron chi connectivity index (χ3n) is 4.67. The number of methoxy groups -OCH3 is 1. The van der Waals surface area contributed by atoms with Crippen LogP contribution in [0.5, 0.6) is 5.75 Å². The van der Waals surface area contributed by atoms with E-state index in [9.17, 15) is 14.9 Å². The Morgan fingerprint density at radius 1 is 1.22 bits per heavy atom. The highest BCUT2D eigenvalue weighted by Gasteiger charge is 2.18. The number of aromatic nitrogens is 3. The number of amides is 1. The molecular weight excluding hydrogens is 432 g/mol. The maximum absolute atomic E-state index is 12.4. The van der Waals surface area contributed by atoms with Crippen LogP contribution < -0.4 is 15.9 Å². The zero-order valence-corrected chi connectivity index (χ0v) is 19.0. The molecule has 2 aromatic carbocycles. The number of benzene rings is 2. The highest BCUT2D eigenvalue weighted by atomic mass is 32.2. The van der Waals surface area contributed by atoms with Gasteiger partial charge in [0.15, 0.2) is 5.82 Å². The summed E-state index contributed by atoms with van der Waals surface area (Å²) in [7, 11) is 1.41. The van der Waals surface area contributed by atoms with Crippen molar-refractivity contribution >= 4 is 29.0 Å². The highest BCUT2D eigenvalue weighted by Crippen LogP contribution is 2.30. The van der Waals surface area contributed by atoms with Gasteiger partial charge >= 0.3 is 0 Å². The lowest BCUT2D eigenvalue weighted by Crippen LogP contribution is -2.17. The number of ether oxygens (including phenoxy) is 1. The van der Waals surface area contributed by atoms with Gasteiger partial charge in [0.2, 0.25) is 11.1 Å². The van der Waals surface area contributed by atoms with Gasteiger partial charge in [-0.05, 0) is 17.0 Å². The van der Waals surface area contributed by atoms with Crippen LogP contribution in [-0.2, 0) is 10.2 Å². The third-order valence-corrected chi connectivity index (χ3v) is 5.62. The Balaban J connectivity index is 1.68. The first-order valence-corrected chi connectivity index (χ1v) is 10.6. The molecule has 32 heavy (non-hydrogen) atoms. The fraction of sp³-hybridized carbons (Fsp3) is 0.286. The lowest BCUT2D eigenvalue weighted by molar-refractivity contribution is -0.384. The van der Waals surface area contributed by atoms with Crippen LogP contribution in [0.15, 0.2) is 47.6 Å². The number of carbonyl (C=O) groups is 1. The summed E-state index contributed by atoms with van der Waals surface area (Å²) < 4.78 is 6.49. The van der Waals surface area contributed by atoms with Crippen LogP contribution in [0.4, 0.5) is 11.4 Å². The number of nitro benzene ring substituents is 1. The van der Waals surface area contributed by atoms with Crippen molar-refractivity contribution in [3.63, 3.8) is 0 Å². The number of nitrogen functional groups attached to an aromatic ring is 1. The fourth-order valence-corrected chi connectivity index (χ4v) is 3.57. The Morgan fingerprint density at radius 3 is 2.50 bits per heavy atom. The van der Waals surface area contributed by atoms with E-state index in [-0.39, 0.29) is 22.5 Å². The summed E-state index contributed by atoms with van der Waals surface area (Å²) in [5.74, 6) is 6.52. The van der Waals surface area contributed by atoms with Crippen molar-refractivity contribution in [2.24, 2.45) is 0 Å². The van der Waals surface area contributed by atoms with Gasteiger partial charge in [-0.2, -0.15) is 0 Å².